The van der Waals surface area contributed by atoms with Crippen molar-refractivity contribution in [3.63, 3.8) is 0 Å². The van der Waals surface area contributed by atoms with Gasteiger partial charge in [-0.2, -0.15) is 4.99 Å². The predicted octanol–water partition coefficient (Wildman–Crippen LogP) is 5.37. The van der Waals surface area contributed by atoms with Gasteiger partial charge in [0.1, 0.15) is 18.4 Å². The van der Waals surface area contributed by atoms with E-state index in [-0.39, 0.29) is 0 Å². The van der Waals surface area contributed by atoms with Crippen LogP contribution in [0.2, 0.25) is 0 Å². The molecule has 3 aromatic carbocycles. The number of ether oxygens (including phenoxy) is 1. The summed E-state index contributed by atoms with van der Waals surface area (Å²) in [5, 5.41) is 9.81. The Balaban J connectivity index is 1.76. The minimum Gasteiger partial charge on any atom is -0.489 e. The van der Waals surface area contributed by atoms with E-state index in [2.05, 4.69) is 4.99 Å². The van der Waals surface area contributed by atoms with Gasteiger partial charge >= 0.3 is 5.97 Å². The predicted molar refractivity (Wildman–Crippen MR) is 129 cm³/mol. The lowest BCUT2D eigenvalue weighted by Gasteiger charge is -2.13. The van der Waals surface area contributed by atoms with Crippen LogP contribution in [-0.2, 0) is 11.4 Å². The van der Waals surface area contributed by atoms with Crippen molar-refractivity contribution in [2.45, 2.75) is 32.9 Å². The van der Waals surface area contributed by atoms with Gasteiger partial charge in [0, 0.05) is 5.56 Å². The highest BCUT2D eigenvalue weighted by atomic mass is 32.1. The van der Waals surface area contributed by atoms with Crippen LogP contribution in [0.3, 0.4) is 0 Å². The number of hydrogen-bond acceptors (Lipinski definition) is 4. The number of thiazole rings is 1. The Bertz CT molecular complexity index is 1350. The monoisotopic (exact) mass is 460 g/mol. The third kappa shape index (κ3) is 5.04. The second kappa shape index (κ2) is 9.83. The molecule has 33 heavy (non-hydrogen) atoms. The molecule has 0 radical (unpaired) electrons. The Morgan fingerprint density at radius 2 is 1.79 bits per heavy atom. The highest BCUT2D eigenvalue weighted by Gasteiger charge is 2.22. The third-order valence-electron chi connectivity index (χ3n) is 5.33. The highest BCUT2D eigenvalue weighted by Crippen LogP contribution is 2.27. The number of fused-ring (bicyclic) bond motifs is 1. The molecular weight excluding hydrogens is 436 g/mol. The first-order valence-electron chi connectivity index (χ1n) is 10.7. The zero-order chi connectivity index (χ0) is 23.4. The van der Waals surface area contributed by atoms with Crippen molar-refractivity contribution in [1.82, 2.24) is 4.57 Å². The van der Waals surface area contributed by atoms with E-state index in [1.165, 1.54) is 11.3 Å². The van der Waals surface area contributed by atoms with Gasteiger partial charge in [0.15, 0.2) is 4.80 Å². The van der Waals surface area contributed by atoms with Crippen LogP contribution >= 0.6 is 11.3 Å². The van der Waals surface area contributed by atoms with Gasteiger partial charge in [0.25, 0.3) is 5.91 Å². The van der Waals surface area contributed by atoms with E-state index in [1.54, 1.807) is 23.6 Å². The number of carbonyl (C=O) groups is 2. The number of carboxylic acid groups (broad SMARTS) is 1. The van der Waals surface area contributed by atoms with Crippen LogP contribution in [0.25, 0.3) is 10.2 Å². The number of aryl methyl sites for hydroxylation is 1. The maximum absolute atomic E-state index is 12.8. The second-order valence-corrected chi connectivity index (χ2v) is 8.71. The number of amides is 1. The lowest BCUT2D eigenvalue weighted by atomic mass is 10.1. The molecule has 1 atom stereocenters. The molecular formula is C26H24N2O4S. The topological polar surface area (TPSA) is 80.9 Å². The number of nitrogens with zero attached hydrogens (tertiary/aromatic N) is 2. The Hall–Kier alpha value is -3.71. The largest absolute Gasteiger partial charge is 0.489 e. The summed E-state index contributed by atoms with van der Waals surface area (Å²) in [6, 6.07) is 21.7. The average Bonchev–Trinajstić information content (AvgIpc) is 3.16. The highest BCUT2D eigenvalue weighted by molar-refractivity contribution is 7.16. The first-order chi connectivity index (χ1) is 16.0. The van der Waals surface area contributed by atoms with E-state index in [1.807, 2.05) is 67.6 Å². The van der Waals surface area contributed by atoms with Gasteiger partial charge in [-0.3, -0.25) is 4.79 Å². The molecule has 0 saturated heterocycles. The Kier molecular flexibility index (Phi) is 6.70. The summed E-state index contributed by atoms with van der Waals surface area (Å²) in [4.78, 5) is 29.5. The molecule has 1 aromatic heterocycles. The van der Waals surface area contributed by atoms with Crippen LogP contribution in [0.1, 0.15) is 40.9 Å². The van der Waals surface area contributed by atoms with E-state index in [0.717, 1.165) is 15.8 Å². The molecule has 1 amide bonds. The summed E-state index contributed by atoms with van der Waals surface area (Å²) in [6.07, 6.45) is 0.360. The number of benzene rings is 3. The maximum Gasteiger partial charge on any atom is 0.326 e. The Morgan fingerprint density at radius 3 is 2.45 bits per heavy atom. The zero-order valence-corrected chi connectivity index (χ0v) is 19.2. The maximum atomic E-state index is 12.8. The van der Waals surface area contributed by atoms with E-state index >= 15 is 0 Å². The van der Waals surface area contributed by atoms with Gasteiger partial charge in [-0.15, -0.1) is 0 Å². The standard InChI is InChI=1S/C26H24N2O4S/c1-3-21(25(30)31)28-22-14-13-20(32-16-18-7-5-4-6-8-18)15-23(22)33-26(28)27-24(29)19-11-9-17(2)10-12-19/h4-15,21H,3,16H2,1-2H3,(H,30,31)/b27-26-. The van der Waals surface area contributed by atoms with Gasteiger partial charge in [0.05, 0.1) is 10.2 Å². The molecule has 0 aliphatic carbocycles. The second-order valence-electron chi connectivity index (χ2n) is 7.70. The molecule has 0 fully saturated rings. The minimum atomic E-state index is -0.967. The Labute approximate surface area is 195 Å². The fourth-order valence-electron chi connectivity index (χ4n) is 3.55. The summed E-state index contributed by atoms with van der Waals surface area (Å²) >= 11 is 1.28. The first kappa shape index (κ1) is 22.5. The van der Waals surface area contributed by atoms with Crippen molar-refractivity contribution in [2.24, 2.45) is 4.99 Å². The smallest absolute Gasteiger partial charge is 0.326 e. The van der Waals surface area contributed by atoms with Crippen molar-refractivity contribution in [2.75, 3.05) is 0 Å². The number of aliphatic carboxylic acids is 1. The molecule has 1 heterocycles. The van der Waals surface area contributed by atoms with Crippen molar-refractivity contribution >= 4 is 33.4 Å². The fraction of sp³-hybridized carbons (Fsp3) is 0.192. The van der Waals surface area contributed by atoms with Crippen molar-refractivity contribution in [1.29, 1.82) is 0 Å². The van der Waals surface area contributed by atoms with Crippen LogP contribution in [0.15, 0.2) is 77.8 Å². The van der Waals surface area contributed by atoms with Crippen LogP contribution in [0.4, 0.5) is 0 Å². The normalized spacial score (nSPS) is 12.6. The summed E-state index contributed by atoms with van der Waals surface area (Å²) in [7, 11) is 0. The number of aromatic nitrogens is 1. The van der Waals surface area contributed by atoms with Crippen LogP contribution in [-0.4, -0.2) is 21.6 Å². The molecule has 1 N–H and O–H groups in total. The van der Waals surface area contributed by atoms with Crippen LogP contribution in [0.5, 0.6) is 5.75 Å². The van der Waals surface area contributed by atoms with E-state index in [4.69, 9.17) is 4.74 Å². The van der Waals surface area contributed by atoms with E-state index < -0.39 is 17.9 Å². The molecule has 168 valence electrons. The van der Waals surface area contributed by atoms with Crippen molar-refractivity contribution < 1.29 is 19.4 Å². The van der Waals surface area contributed by atoms with Gasteiger partial charge in [-0.05, 0) is 49.2 Å². The van der Waals surface area contributed by atoms with E-state index in [0.29, 0.717) is 34.7 Å². The number of hydrogen-bond donors (Lipinski definition) is 1. The zero-order valence-electron chi connectivity index (χ0n) is 18.4. The molecule has 7 heteroatoms. The SMILES string of the molecule is CCC(C(=O)O)n1/c(=N/C(=O)c2ccc(C)cc2)sc2cc(OCc3ccccc3)ccc21. The summed E-state index contributed by atoms with van der Waals surface area (Å²) in [6.45, 7) is 4.17. The summed E-state index contributed by atoms with van der Waals surface area (Å²) in [5.41, 5.74) is 3.26. The molecule has 6 nitrogen and oxygen atoms in total. The number of carbonyl (C=O) groups excluding carboxylic acids is 1. The number of rotatable bonds is 7. The molecule has 0 bridgehead atoms. The summed E-state index contributed by atoms with van der Waals surface area (Å²) < 4.78 is 8.36. The average molecular weight is 461 g/mol. The van der Waals surface area contributed by atoms with E-state index in [9.17, 15) is 14.7 Å². The van der Waals surface area contributed by atoms with Crippen molar-refractivity contribution in [3.05, 3.63) is 94.3 Å². The van der Waals surface area contributed by atoms with Gasteiger partial charge in [-0.25, -0.2) is 4.79 Å². The quantitative estimate of drug-likeness (QED) is 0.402. The van der Waals surface area contributed by atoms with Crippen LogP contribution in [0, 0.1) is 6.92 Å². The minimum absolute atomic E-state index is 0.352. The van der Waals surface area contributed by atoms with Gasteiger partial charge in [-0.1, -0.05) is 66.3 Å². The van der Waals surface area contributed by atoms with Gasteiger partial charge in [0.2, 0.25) is 0 Å². The molecule has 0 saturated carbocycles. The lowest BCUT2D eigenvalue weighted by Crippen LogP contribution is -2.27. The fourth-order valence-corrected chi connectivity index (χ4v) is 4.64. The third-order valence-corrected chi connectivity index (χ3v) is 6.34. The molecule has 1 unspecified atom stereocenters. The molecule has 4 rings (SSSR count). The molecule has 0 aliphatic heterocycles. The number of carboxylic acids is 1. The van der Waals surface area contributed by atoms with Crippen LogP contribution < -0.4 is 9.54 Å². The van der Waals surface area contributed by atoms with Crippen molar-refractivity contribution in [3.8, 4) is 5.75 Å². The summed E-state index contributed by atoms with van der Waals surface area (Å²) in [5.74, 6) is -0.707. The van der Waals surface area contributed by atoms with Gasteiger partial charge < -0.3 is 14.4 Å². The molecule has 0 spiro atoms. The lowest BCUT2D eigenvalue weighted by molar-refractivity contribution is -0.140. The Morgan fingerprint density at radius 1 is 1.06 bits per heavy atom. The molecule has 0 aliphatic rings. The first-order valence-corrected chi connectivity index (χ1v) is 11.5. The molecule has 4 aromatic rings.